The largest absolute Gasteiger partial charge is 0.113 e. The SMILES string of the molecule is [B]c1ccc2ccc3c(c2c1)C1=CCCCC1C3. The van der Waals surface area contributed by atoms with Gasteiger partial charge in [-0.3, -0.25) is 0 Å². The zero-order valence-electron chi connectivity index (χ0n) is 10.4. The molecule has 2 aliphatic carbocycles. The fraction of sp³-hybridized carbons (Fsp3) is 0.294. The minimum Gasteiger partial charge on any atom is -0.0960 e. The van der Waals surface area contributed by atoms with E-state index in [4.69, 9.17) is 7.85 Å². The van der Waals surface area contributed by atoms with Crippen molar-refractivity contribution in [2.45, 2.75) is 25.7 Å². The molecular formula is C17H15B. The predicted octanol–water partition coefficient (Wildman–Crippen LogP) is 3.37. The number of hydrogen-bond donors (Lipinski definition) is 0. The molecular weight excluding hydrogens is 215 g/mol. The summed E-state index contributed by atoms with van der Waals surface area (Å²) in [5, 5.41) is 2.67. The molecule has 2 aromatic rings. The van der Waals surface area contributed by atoms with Crippen molar-refractivity contribution in [1.82, 2.24) is 0 Å². The highest BCUT2D eigenvalue weighted by atomic mass is 14.3. The first-order valence-corrected chi connectivity index (χ1v) is 6.84. The lowest BCUT2D eigenvalue weighted by Crippen LogP contribution is -2.03. The summed E-state index contributed by atoms with van der Waals surface area (Å²) in [5.74, 6) is 0.765. The van der Waals surface area contributed by atoms with E-state index in [1.54, 1.807) is 5.57 Å². The lowest BCUT2D eigenvalue weighted by atomic mass is 9.86. The van der Waals surface area contributed by atoms with E-state index < -0.39 is 0 Å². The first kappa shape index (κ1) is 10.4. The van der Waals surface area contributed by atoms with Crippen molar-refractivity contribution >= 4 is 29.7 Å². The maximum absolute atomic E-state index is 5.97. The van der Waals surface area contributed by atoms with Crippen molar-refractivity contribution in [2.24, 2.45) is 5.92 Å². The van der Waals surface area contributed by atoms with E-state index >= 15 is 0 Å². The Labute approximate surface area is 109 Å². The van der Waals surface area contributed by atoms with E-state index in [1.165, 1.54) is 47.6 Å². The van der Waals surface area contributed by atoms with Gasteiger partial charge in [-0.05, 0) is 59.1 Å². The zero-order valence-corrected chi connectivity index (χ0v) is 10.4. The van der Waals surface area contributed by atoms with Gasteiger partial charge in [-0.15, -0.1) is 0 Å². The molecule has 0 fully saturated rings. The second-order valence-electron chi connectivity index (χ2n) is 5.57. The Morgan fingerprint density at radius 1 is 1.11 bits per heavy atom. The Kier molecular flexibility index (Phi) is 2.17. The lowest BCUT2D eigenvalue weighted by molar-refractivity contribution is 0.573. The molecule has 0 saturated carbocycles. The van der Waals surface area contributed by atoms with Crippen LogP contribution in [-0.2, 0) is 6.42 Å². The molecule has 1 heteroatoms. The third-order valence-corrected chi connectivity index (χ3v) is 4.45. The molecule has 0 saturated heterocycles. The van der Waals surface area contributed by atoms with Crippen LogP contribution in [0.15, 0.2) is 36.4 Å². The molecule has 1 atom stereocenters. The van der Waals surface area contributed by atoms with Gasteiger partial charge in [0.25, 0.3) is 0 Å². The molecule has 2 aromatic carbocycles. The van der Waals surface area contributed by atoms with Crippen LogP contribution in [0.1, 0.15) is 30.4 Å². The van der Waals surface area contributed by atoms with Crippen LogP contribution in [0.5, 0.6) is 0 Å². The van der Waals surface area contributed by atoms with Crippen LogP contribution in [0.2, 0.25) is 0 Å². The van der Waals surface area contributed by atoms with E-state index in [2.05, 4.69) is 30.3 Å². The van der Waals surface area contributed by atoms with Gasteiger partial charge in [-0.2, -0.15) is 0 Å². The second-order valence-corrected chi connectivity index (χ2v) is 5.57. The summed E-state index contributed by atoms with van der Waals surface area (Å²) in [4.78, 5) is 0. The minimum absolute atomic E-state index is 0.765. The summed E-state index contributed by atoms with van der Waals surface area (Å²) in [6.45, 7) is 0. The molecule has 86 valence electrons. The monoisotopic (exact) mass is 230 g/mol. The molecule has 2 radical (unpaired) electrons. The highest BCUT2D eigenvalue weighted by Crippen LogP contribution is 2.45. The first-order valence-electron chi connectivity index (χ1n) is 6.84. The molecule has 0 aromatic heterocycles. The van der Waals surface area contributed by atoms with Crippen molar-refractivity contribution in [2.75, 3.05) is 0 Å². The van der Waals surface area contributed by atoms with Gasteiger partial charge in [0.15, 0.2) is 0 Å². The quantitative estimate of drug-likeness (QED) is 0.608. The standard InChI is InChI=1S/C17H15B/c18-14-8-7-11-5-6-13-9-12-3-1-2-4-15(12)17(13)16(11)10-14/h4-8,10,12H,1-3,9H2. The molecule has 0 heterocycles. The summed E-state index contributed by atoms with van der Waals surface area (Å²) in [7, 11) is 5.97. The van der Waals surface area contributed by atoms with Gasteiger partial charge >= 0.3 is 0 Å². The van der Waals surface area contributed by atoms with Gasteiger partial charge in [0.1, 0.15) is 7.85 Å². The molecule has 0 nitrogen and oxygen atoms in total. The van der Waals surface area contributed by atoms with Gasteiger partial charge in [0.05, 0.1) is 0 Å². The predicted molar refractivity (Wildman–Crippen MR) is 78.4 cm³/mol. The maximum Gasteiger partial charge on any atom is 0.113 e. The maximum atomic E-state index is 5.97. The van der Waals surface area contributed by atoms with Crippen LogP contribution in [0, 0.1) is 5.92 Å². The van der Waals surface area contributed by atoms with Crippen molar-refractivity contribution in [1.29, 1.82) is 0 Å². The Morgan fingerprint density at radius 2 is 2.00 bits per heavy atom. The van der Waals surface area contributed by atoms with Crippen LogP contribution < -0.4 is 5.46 Å². The first-order chi connectivity index (χ1) is 8.83. The van der Waals surface area contributed by atoms with E-state index in [0.717, 1.165) is 11.4 Å². The molecule has 1 unspecified atom stereocenters. The Morgan fingerprint density at radius 3 is 2.94 bits per heavy atom. The minimum atomic E-state index is 0.765. The van der Waals surface area contributed by atoms with Crippen LogP contribution >= 0.6 is 0 Å². The number of allylic oxidation sites excluding steroid dienone is 2. The normalized spacial score (nSPS) is 21.6. The van der Waals surface area contributed by atoms with Gasteiger partial charge in [-0.25, -0.2) is 0 Å². The topological polar surface area (TPSA) is 0 Å². The highest BCUT2D eigenvalue weighted by molar-refractivity contribution is 6.33. The molecule has 0 amide bonds. The molecule has 4 rings (SSSR count). The Balaban J connectivity index is 2.05. The summed E-state index contributed by atoms with van der Waals surface area (Å²) >= 11 is 0. The lowest BCUT2D eigenvalue weighted by Gasteiger charge is -2.17. The smallest absolute Gasteiger partial charge is 0.0960 e. The molecule has 18 heavy (non-hydrogen) atoms. The van der Waals surface area contributed by atoms with Crippen LogP contribution in [0.4, 0.5) is 0 Å². The van der Waals surface area contributed by atoms with Crippen molar-refractivity contribution in [3.8, 4) is 0 Å². The average molecular weight is 230 g/mol. The van der Waals surface area contributed by atoms with Crippen LogP contribution in [0.3, 0.4) is 0 Å². The van der Waals surface area contributed by atoms with E-state index in [9.17, 15) is 0 Å². The second kappa shape index (κ2) is 3.75. The molecule has 0 spiro atoms. The molecule has 0 bridgehead atoms. The van der Waals surface area contributed by atoms with E-state index in [-0.39, 0.29) is 0 Å². The van der Waals surface area contributed by atoms with Gasteiger partial charge < -0.3 is 0 Å². The molecule has 2 aliphatic rings. The summed E-state index contributed by atoms with van der Waals surface area (Å²) in [5.41, 5.74) is 5.47. The third-order valence-electron chi connectivity index (χ3n) is 4.45. The van der Waals surface area contributed by atoms with Gasteiger partial charge in [-0.1, -0.05) is 41.9 Å². The number of hydrogen-bond acceptors (Lipinski definition) is 0. The fourth-order valence-corrected chi connectivity index (χ4v) is 3.62. The van der Waals surface area contributed by atoms with Crippen molar-refractivity contribution in [3.05, 3.63) is 47.5 Å². The summed E-state index contributed by atoms with van der Waals surface area (Å²) < 4.78 is 0. The fourth-order valence-electron chi connectivity index (χ4n) is 3.62. The summed E-state index contributed by atoms with van der Waals surface area (Å²) in [6.07, 6.45) is 7.63. The van der Waals surface area contributed by atoms with Crippen molar-refractivity contribution < 1.29 is 0 Å². The summed E-state index contributed by atoms with van der Waals surface area (Å²) in [6, 6.07) is 10.8. The zero-order chi connectivity index (χ0) is 12.1. The Bertz CT molecular complexity index is 667. The molecule has 0 aliphatic heterocycles. The van der Waals surface area contributed by atoms with E-state index in [1.807, 2.05) is 6.07 Å². The van der Waals surface area contributed by atoms with Crippen LogP contribution in [-0.4, -0.2) is 7.85 Å². The van der Waals surface area contributed by atoms with Gasteiger partial charge in [0.2, 0.25) is 0 Å². The van der Waals surface area contributed by atoms with Crippen LogP contribution in [0.25, 0.3) is 16.3 Å². The van der Waals surface area contributed by atoms with E-state index in [0.29, 0.717) is 0 Å². The highest BCUT2D eigenvalue weighted by Gasteiger charge is 2.29. The van der Waals surface area contributed by atoms with Gasteiger partial charge in [0, 0.05) is 0 Å². The number of rotatable bonds is 0. The third kappa shape index (κ3) is 1.40. The Hall–Kier alpha value is -1.50. The molecule has 0 N–H and O–H groups in total. The van der Waals surface area contributed by atoms with Crippen molar-refractivity contribution in [3.63, 3.8) is 0 Å². The average Bonchev–Trinajstić information content (AvgIpc) is 2.77. The number of benzene rings is 2. The number of fused-ring (bicyclic) bond motifs is 5.